The van der Waals surface area contributed by atoms with Crippen LogP contribution in [0.3, 0.4) is 0 Å². The molecule has 172 valence electrons. The molecule has 0 saturated carbocycles. The number of hydrogen-bond acceptors (Lipinski definition) is 5. The third kappa shape index (κ3) is 5.57. The fourth-order valence-electron chi connectivity index (χ4n) is 3.42. The highest BCUT2D eigenvalue weighted by Gasteiger charge is 2.27. The minimum atomic E-state index is -3.79. The van der Waals surface area contributed by atoms with Crippen molar-refractivity contribution in [2.24, 2.45) is 0 Å². The number of ether oxygens (including phenoxy) is 2. The second kappa shape index (κ2) is 10.1. The molecule has 1 aliphatic rings. The minimum Gasteiger partial charge on any atom is -0.455 e. The molecule has 1 fully saturated rings. The third-order valence-electron chi connectivity index (χ3n) is 5.11. The Morgan fingerprint density at radius 3 is 2.42 bits per heavy atom. The molecule has 0 atom stereocenters. The second-order valence-electron chi connectivity index (χ2n) is 7.41. The van der Waals surface area contributed by atoms with Gasteiger partial charge in [-0.05, 0) is 42.0 Å². The van der Waals surface area contributed by atoms with Crippen LogP contribution in [-0.2, 0) is 26.0 Å². The number of halogens is 1. The fraction of sp³-hybridized carbons (Fsp3) is 0.208. The smallest absolute Gasteiger partial charge is 0.243 e. The molecule has 0 aliphatic carbocycles. The topological polar surface area (TPSA) is 84.9 Å². The Hall–Kier alpha value is -3.27. The van der Waals surface area contributed by atoms with Crippen LogP contribution >= 0.6 is 0 Å². The number of carbonyl (C=O) groups excluding carboxylic acids is 1. The number of nitrogens with zero attached hydrogens (tertiary/aromatic N) is 1. The van der Waals surface area contributed by atoms with Crippen molar-refractivity contribution in [3.63, 3.8) is 0 Å². The van der Waals surface area contributed by atoms with Gasteiger partial charge in [-0.25, -0.2) is 12.8 Å². The Morgan fingerprint density at radius 2 is 1.70 bits per heavy atom. The van der Waals surface area contributed by atoms with Gasteiger partial charge in [0.2, 0.25) is 15.9 Å². The second-order valence-corrected chi connectivity index (χ2v) is 9.34. The molecule has 9 heteroatoms. The maximum atomic E-state index is 14.0. The number of carbonyl (C=O) groups is 1. The van der Waals surface area contributed by atoms with Gasteiger partial charge >= 0.3 is 0 Å². The van der Waals surface area contributed by atoms with Crippen LogP contribution < -0.4 is 10.1 Å². The molecule has 7 nitrogen and oxygen atoms in total. The molecule has 0 radical (unpaired) electrons. The van der Waals surface area contributed by atoms with Crippen molar-refractivity contribution in [2.45, 2.75) is 11.3 Å². The van der Waals surface area contributed by atoms with E-state index in [1.54, 1.807) is 36.4 Å². The number of para-hydroxylation sites is 1. The molecule has 1 N–H and O–H groups in total. The Labute approximate surface area is 191 Å². The Balaban J connectivity index is 1.64. The van der Waals surface area contributed by atoms with E-state index in [2.05, 4.69) is 5.32 Å². The van der Waals surface area contributed by atoms with Crippen molar-refractivity contribution in [3.8, 4) is 11.5 Å². The lowest BCUT2D eigenvalue weighted by atomic mass is 10.1. The largest absolute Gasteiger partial charge is 0.455 e. The van der Waals surface area contributed by atoms with Crippen LogP contribution in [0.1, 0.15) is 5.56 Å². The van der Waals surface area contributed by atoms with Gasteiger partial charge in [-0.1, -0.05) is 36.4 Å². The van der Waals surface area contributed by atoms with Crippen LogP contribution in [0.15, 0.2) is 77.7 Å². The number of sulfonamides is 1. The molecule has 33 heavy (non-hydrogen) atoms. The van der Waals surface area contributed by atoms with E-state index < -0.39 is 21.7 Å². The predicted molar refractivity (Wildman–Crippen MR) is 121 cm³/mol. The first-order valence-electron chi connectivity index (χ1n) is 10.4. The van der Waals surface area contributed by atoms with Gasteiger partial charge in [-0.15, -0.1) is 0 Å². The van der Waals surface area contributed by atoms with Gasteiger partial charge < -0.3 is 14.8 Å². The van der Waals surface area contributed by atoms with Crippen LogP contribution in [0.25, 0.3) is 0 Å². The summed E-state index contributed by atoms with van der Waals surface area (Å²) in [5, 5.41) is 2.68. The Bertz CT molecular complexity index is 1230. The number of benzene rings is 3. The zero-order chi connectivity index (χ0) is 23.3. The SMILES string of the molecule is O=C(Cc1ccccc1F)Nc1cc(S(=O)(=O)N2CCOCC2)ccc1Oc1ccccc1. The molecule has 0 unspecified atom stereocenters. The summed E-state index contributed by atoms with van der Waals surface area (Å²) in [6.45, 7) is 1.14. The highest BCUT2D eigenvalue weighted by atomic mass is 32.2. The van der Waals surface area contributed by atoms with Crippen molar-refractivity contribution in [1.82, 2.24) is 4.31 Å². The van der Waals surface area contributed by atoms with Gasteiger partial charge in [0.05, 0.1) is 30.2 Å². The average molecular weight is 471 g/mol. The van der Waals surface area contributed by atoms with E-state index in [1.165, 1.54) is 34.6 Å². The number of anilines is 1. The summed E-state index contributed by atoms with van der Waals surface area (Å²) in [5.41, 5.74) is 0.409. The maximum Gasteiger partial charge on any atom is 0.243 e. The first kappa shape index (κ1) is 22.9. The zero-order valence-corrected chi connectivity index (χ0v) is 18.6. The quantitative estimate of drug-likeness (QED) is 0.568. The number of morpholine rings is 1. The molecule has 0 aromatic heterocycles. The molecule has 3 aromatic rings. The van der Waals surface area contributed by atoms with Gasteiger partial charge in [0.1, 0.15) is 11.6 Å². The number of rotatable bonds is 7. The summed E-state index contributed by atoms with van der Waals surface area (Å²) in [5.74, 6) is -0.203. The number of hydrogen-bond donors (Lipinski definition) is 1. The molecule has 0 spiro atoms. The average Bonchev–Trinajstić information content (AvgIpc) is 2.83. The fourth-order valence-corrected chi connectivity index (χ4v) is 4.85. The van der Waals surface area contributed by atoms with E-state index in [4.69, 9.17) is 9.47 Å². The van der Waals surface area contributed by atoms with Crippen LogP contribution in [0.2, 0.25) is 0 Å². The number of nitrogens with one attached hydrogen (secondary N) is 1. The van der Waals surface area contributed by atoms with E-state index in [1.807, 2.05) is 6.07 Å². The first-order valence-corrected chi connectivity index (χ1v) is 11.9. The van der Waals surface area contributed by atoms with Gasteiger partial charge in [0.15, 0.2) is 5.75 Å². The molecule has 0 bridgehead atoms. The summed E-state index contributed by atoms with van der Waals surface area (Å²) in [6, 6.07) is 19.2. The summed E-state index contributed by atoms with van der Waals surface area (Å²) < 4.78 is 52.6. The first-order chi connectivity index (χ1) is 15.9. The molecule has 1 saturated heterocycles. The van der Waals surface area contributed by atoms with Crippen molar-refractivity contribution < 1.29 is 27.1 Å². The van der Waals surface area contributed by atoms with Crippen LogP contribution in [-0.4, -0.2) is 44.9 Å². The van der Waals surface area contributed by atoms with Crippen LogP contribution in [0, 0.1) is 5.82 Å². The summed E-state index contributed by atoms with van der Waals surface area (Å²) in [4.78, 5) is 12.7. The van der Waals surface area contributed by atoms with E-state index >= 15 is 0 Å². The minimum absolute atomic E-state index is 0.0194. The van der Waals surface area contributed by atoms with Gasteiger partial charge in [-0.3, -0.25) is 4.79 Å². The van der Waals surface area contributed by atoms with E-state index in [0.717, 1.165) is 0 Å². The number of amides is 1. The maximum absolute atomic E-state index is 14.0. The Kier molecular flexibility index (Phi) is 7.02. The van der Waals surface area contributed by atoms with E-state index in [9.17, 15) is 17.6 Å². The molecule has 4 rings (SSSR count). The lowest BCUT2D eigenvalue weighted by molar-refractivity contribution is -0.115. The van der Waals surface area contributed by atoms with Crippen molar-refractivity contribution in [2.75, 3.05) is 31.6 Å². The van der Waals surface area contributed by atoms with Crippen LogP contribution in [0.4, 0.5) is 10.1 Å². The van der Waals surface area contributed by atoms with Gasteiger partial charge in [-0.2, -0.15) is 4.31 Å². The normalized spacial score (nSPS) is 14.6. The highest BCUT2D eigenvalue weighted by molar-refractivity contribution is 7.89. The summed E-state index contributed by atoms with van der Waals surface area (Å²) in [7, 11) is -3.79. The standard InChI is InChI=1S/C24H23FN2O5S/c25-21-9-5-4-6-18(21)16-24(28)26-22-17-20(33(29,30)27-12-14-31-15-13-27)10-11-23(22)32-19-7-2-1-3-8-19/h1-11,17H,12-16H2,(H,26,28). The van der Waals surface area contributed by atoms with Crippen molar-refractivity contribution >= 4 is 21.6 Å². The van der Waals surface area contributed by atoms with E-state index in [0.29, 0.717) is 19.0 Å². The molecule has 1 heterocycles. The molecule has 1 amide bonds. The Morgan fingerprint density at radius 1 is 1.00 bits per heavy atom. The highest BCUT2D eigenvalue weighted by Crippen LogP contribution is 2.33. The zero-order valence-electron chi connectivity index (χ0n) is 17.7. The molecule has 3 aromatic carbocycles. The molecule has 1 aliphatic heterocycles. The van der Waals surface area contributed by atoms with Crippen LogP contribution in [0.5, 0.6) is 11.5 Å². The van der Waals surface area contributed by atoms with Gasteiger partial charge in [0, 0.05) is 13.1 Å². The van der Waals surface area contributed by atoms with Gasteiger partial charge in [0.25, 0.3) is 0 Å². The summed E-state index contributed by atoms with van der Waals surface area (Å²) in [6.07, 6.45) is -0.210. The lowest BCUT2D eigenvalue weighted by Gasteiger charge is -2.26. The summed E-state index contributed by atoms with van der Waals surface area (Å²) >= 11 is 0. The van der Waals surface area contributed by atoms with E-state index in [-0.39, 0.29) is 41.4 Å². The monoisotopic (exact) mass is 470 g/mol. The third-order valence-corrected chi connectivity index (χ3v) is 7.01. The molecular weight excluding hydrogens is 447 g/mol. The van der Waals surface area contributed by atoms with Crippen molar-refractivity contribution in [3.05, 3.63) is 84.2 Å². The molecular formula is C24H23FN2O5S. The lowest BCUT2D eigenvalue weighted by Crippen LogP contribution is -2.40. The van der Waals surface area contributed by atoms with Crippen molar-refractivity contribution in [1.29, 1.82) is 0 Å². The predicted octanol–water partition coefficient (Wildman–Crippen LogP) is 3.82.